The van der Waals surface area contributed by atoms with E-state index in [1.807, 2.05) is 31.2 Å². The molecule has 10 nitrogen and oxygen atoms in total. The number of allylic oxidation sites excluding steroid dienone is 2. The minimum Gasteiger partial charge on any atom is -0.480 e. The summed E-state index contributed by atoms with van der Waals surface area (Å²) in [7, 11) is 0. The van der Waals surface area contributed by atoms with Crippen molar-refractivity contribution in [1.29, 1.82) is 0 Å². The number of aromatic nitrogens is 1. The Labute approximate surface area is 264 Å². The number of carbonyl (C=O) groups is 3. The normalized spacial score (nSPS) is 33.8. The van der Waals surface area contributed by atoms with Crippen LogP contribution < -0.4 is 10.6 Å². The second kappa shape index (κ2) is 11.9. The number of aliphatic hydroxyl groups is 1. The molecule has 4 unspecified atom stereocenters. The van der Waals surface area contributed by atoms with Crippen LogP contribution in [0.2, 0.25) is 0 Å². The smallest absolute Gasteiger partial charge is 0.326 e. The third kappa shape index (κ3) is 5.77. The SMILES string of the molecule is C[C@]12CC/C(=N\OCC(=O)NCC(=O)NC(Cc3c[nH]c4ccccc34)C(=O)O)C=C1CCC1C2CC[C@@]2(C)C1CC[C@]2(C)O. The number of para-hydroxylation sites is 1. The number of aromatic amines is 1. The van der Waals surface area contributed by atoms with Crippen molar-refractivity contribution < 1.29 is 29.4 Å². The van der Waals surface area contributed by atoms with E-state index in [1.54, 1.807) is 6.20 Å². The van der Waals surface area contributed by atoms with Crippen LogP contribution in [-0.2, 0) is 25.6 Å². The van der Waals surface area contributed by atoms with Gasteiger partial charge in [0.2, 0.25) is 5.91 Å². The van der Waals surface area contributed by atoms with Crippen molar-refractivity contribution in [1.82, 2.24) is 15.6 Å². The van der Waals surface area contributed by atoms with Gasteiger partial charge in [-0.15, -0.1) is 0 Å². The van der Waals surface area contributed by atoms with Crippen molar-refractivity contribution in [2.75, 3.05) is 13.2 Å². The quantitative estimate of drug-likeness (QED) is 0.261. The van der Waals surface area contributed by atoms with Crippen molar-refractivity contribution in [2.24, 2.45) is 33.7 Å². The number of H-pyrrole nitrogens is 1. The predicted octanol–water partition coefficient (Wildman–Crippen LogP) is 4.48. The molecule has 3 fully saturated rings. The van der Waals surface area contributed by atoms with Crippen molar-refractivity contribution in [3.63, 3.8) is 0 Å². The lowest BCUT2D eigenvalue weighted by molar-refractivity contribution is -0.141. The van der Waals surface area contributed by atoms with Crippen LogP contribution in [0.4, 0.5) is 0 Å². The Morgan fingerprint density at radius 1 is 1.04 bits per heavy atom. The van der Waals surface area contributed by atoms with Gasteiger partial charge in [-0.1, -0.05) is 42.8 Å². The Hall–Kier alpha value is -3.66. The Kier molecular flexibility index (Phi) is 8.31. The molecule has 1 heterocycles. The van der Waals surface area contributed by atoms with E-state index >= 15 is 0 Å². The van der Waals surface area contributed by atoms with E-state index in [1.165, 1.54) is 5.57 Å². The summed E-state index contributed by atoms with van der Waals surface area (Å²) in [6.45, 7) is 6.08. The molecule has 7 atom stereocenters. The van der Waals surface area contributed by atoms with Gasteiger partial charge in [-0.2, -0.15) is 0 Å². The molecule has 6 rings (SSSR count). The van der Waals surface area contributed by atoms with E-state index in [2.05, 4.69) is 40.7 Å². The molecule has 3 saturated carbocycles. The number of nitrogens with zero attached hydrogens (tertiary/aromatic N) is 1. The minimum atomic E-state index is -1.15. The highest BCUT2D eigenvalue weighted by molar-refractivity contribution is 5.96. The summed E-state index contributed by atoms with van der Waals surface area (Å²) in [5, 5.41) is 31.0. The molecule has 10 heteroatoms. The maximum atomic E-state index is 12.5. The van der Waals surface area contributed by atoms with Crippen LogP contribution in [0.15, 0.2) is 47.3 Å². The van der Waals surface area contributed by atoms with E-state index in [-0.39, 0.29) is 30.4 Å². The molecule has 0 radical (unpaired) electrons. The monoisotopic (exact) mass is 618 g/mol. The number of aliphatic carboxylic acids is 1. The minimum absolute atomic E-state index is 0.0119. The highest BCUT2D eigenvalue weighted by Gasteiger charge is 2.62. The number of benzene rings is 1. The lowest BCUT2D eigenvalue weighted by Gasteiger charge is -2.59. The highest BCUT2D eigenvalue weighted by Crippen LogP contribution is 2.67. The van der Waals surface area contributed by atoms with E-state index in [0.717, 1.165) is 73.5 Å². The lowest BCUT2D eigenvalue weighted by Crippen LogP contribution is -2.53. The first-order valence-corrected chi connectivity index (χ1v) is 16.4. The molecule has 5 N–H and O–H groups in total. The zero-order chi connectivity index (χ0) is 32.0. The van der Waals surface area contributed by atoms with Crippen LogP contribution in [-0.4, -0.2) is 63.5 Å². The number of hydrogen-bond donors (Lipinski definition) is 5. The van der Waals surface area contributed by atoms with Gasteiger partial charge in [0.05, 0.1) is 17.9 Å². The summed E-state index contributed by atoms with van der Waals surface area (Å²) in [6.07, 6.45) is 12.2. The third-order valence-electron chi connectivity index (χ3n) is 12.1. The van der Waals surface area contributed by atoms with Gasteiger partial charge in [-0.25, -0.2) is 4.79 Å². The third-order valence-corrected chi connectivity index (χ3v) is 12.1. The Balaban J connectivity index is 0.982. The summed E-state index contributed by atoms with van der Waals surface area (Å²) in [5.41, 5.74) is 3.50. The van der Waals surface area contributed by atoms with Gasteiger partial charge in [-0.3, -0.25) is 9.59 Å². The molecular formula is C35H46N4O6. The second-order valence-corrected chi connectivity index (χ2v) is 14.4. The van der Waals surface area contributed by atoms with Gasteiger partial charge in [0.25, 0.3) is 5.91 Å². The number of amides is 2. The zero-order valence-corrected chi connectivity index (χ0v) is 26.5. The molecule has 0 spiro atoms. The summed E-state index contributed by atoms with van der Waals surface area (Å²) in [4.78, 5) is 45.2. The molecule has 2 amide bonds. The fourth-order valence-electron chi connectivity index (χ4n) is 9.26. The summed E-state index contributed by atoms with van der Waals surface area (Å²) < 4.78 is 0. The first kappa shape index (κ1) is 31.3. The van der Waals surface area contributed by atoms with Crippen molar-refractivity contribution >= 4 is 34.4 Å². The molecule has 0 bridgehead atoms. The molecule has 0 saturated heterocycles. The van der Waals surface area contributed by atoms with Gasteiger partial charge in [-0.05, 0) is 105 Å². The number of carboxylic acid groups (broad SMARTS) is 1. The Morgan fingerprint density at radius 3 is 2.62 bits per heavy atom. The van der Waals surface area contributed by atoms with E-state index < -0.39 is 29.4 Å². The number of hydrogen-bond acceptors (Lipinski definition) is 6. The second-order valence-electron chi connectivity index (χ2n) is 14.4. The first-order valence-electron chi connectivity index (χ1n) is 16.4. The Bertz CT molecular complexity index is 1540. The first-order chi connectivity index (χ1) is 21.4. The van der Waals surface area contributed by atoms with Gasteiger partial charge < -0.3 is 30.7 Å². The average molecular weight is 619 g/mol. The largest absolute Gasteiger partial charge is 0.480 e. The van der Waals surface area contributed by atoms with Crippen molar-refractivity contribution in [3.8, 4) is 0 Å². The zero-order valence-electron chi connectivity index (χ0n) is 26.5. The topological polar surface area (TPSA) is 153 Å². The number of oxime groups is 1. The summed E-state index contributed by atoms with van der Waals surface area (Å²) in [6, 6.07) is 6.42. The fraction of sp³-hybridized carbons (Fsp3) is 0.600. The van der Waals surface area contributed by atoms with Crippen LogP contribution in [0, 0.1) is 28.6 Å². The summed E-state index contributed by atoms with van der Waals surface area (Å²) in [5.74, 6) is -0.415. The molecular weight excluding hydrogens is 572 g/mol. The van der Waals surface area contributed by atoms with Gasteiger partial charge in [0.1, 0.15) is 6.04 Å². The van der Waals surface area contributed by atoms with E-state index in [9.17, 15) is 24.6 Å². The molecule has 1 aromatic heterocycles. The number of nitrogens with one attached hydrogen (secondary N) is 3. The number of carboxylic acids is 1. The molecule has 4 aliphatic carbocycles. The van der Waals surface area contributed by atoms with Crippen LogP contribution in [0.25, 0.3) is 10.9 Å². The van der Waals surface area contributed by atoms with Gasteiger partial charge in [0, 0.05) is 23.5 Å². The maximum absolute atomic E-state index is 12.5. The van der Waals surface area contributed by atoms with Crippen LogP contribution in [0.5, 0.6) is 0 Å². The van der Waals surface area contributed by atoms with Crippen LogP contribution >= 0.6 is 0 Å². The molecule has 45 heavy (non-hydrogen) atoms. The maximum Gasteiger partial charge on any atom is 0.326 e. The van der Waals surface area contributed by atoms with E-state index in [4.69, 9.17) is 4.84 Å². The predicted molar refractivity (Wildman–Crippen MR) is 170 cm³/mol. The number of fused-ring (bicyclic) bond motifs is 6. The van der Waals surface area contributed by atoms with Crippen LogP contribution in [0.3, 0.4) is 0 Å². The van der Waals surface area contributed by atoms with Crippen LogP contribution in [0.1, 0.15) is 77.7 Å². The highest BCUT2D eigenvalue weighted by atomic mass is 16.6. The van der Waals surface area contributed by atoms with E-state index in [0.29, 0.717) is 17.8 Å². The van der Waals surface area contributed by atoms with Gasteiger partial charge >= 0.3 is 5.97 Å². The van der Waals surface area contributed by atoms with Crippen molar-refractivity contribution in [3.05, 3.63) is 47.7 Å². The fourth-order valence-corrected chi connectivity index (χ4v) is 9.26. The number of carbonyl (C=O) groups excluding carboxylic acids is 2. The molecule has 2 aromatic rings. The average Bonchev–Trinajstić information content (AvgIpc) is 3.52. The molecule has 242 valence electrons. The summed E-state index contributed by atoms with van der Waals surface area (Å²) >= 11 is 0. The van der Waals surface area contributed by atoms with Gasteiger partial charge in [0.15, 0.2) is 6.61 Å². The lowest BCUT2D eigenvalue weighted by atomic mass is 9.46. The standard InChI is InChI=1S/C35H46N4O6/c1-33-13-10-23(17-22(33)8-9-25-26(33)11-14-34(2)27(25)12-15-35(34,3)44)39-45-20-31(41)37-19-30(40)38-29(32(42)43)16-21-18-36-28-7-5-4-6-24(21)28/h4-7,17-18,25-27,29,36,44H,8-16,19-20H2,1-3H3,(H,37,41)(H,38,40)(H,42,43)/b39-23+/t25?,26?,27?,29?,33-,34-,35-/m0/s1. The number of rotatable bonds is 9. The molecule has 4 aliphatic rings. The molecule has 1 aromatic carbocycles. The molecule has 0 aliphatic heterocycles. The van der Waals surface area contributed by atoms with Crippen molar-refractivity contribution in [2.45, 2.75) is 90.2 Å². The Morgan fingerprint density at radius 2 is 1.82 bits per heavy atom.